The summed E-state index contributed by atoms with van der Waals surface area (Å²) in [6, 6.07) is 8.75. The topological polar surface area (TPSA) is 12.0 Å². The standard InChI is InChI=1S/C16H27NS/c1-6-13(2)12-18-15-10-8-7-9-14(15)11-17-16(3,4)5/h7-10,13,17H,6,11-12H2,1-5H3. The van der Waals surface area contributed by atoms with Gasteiger partial charge in [-0.25, -0.2) is 0 Å². The van der Waals surface area contributed by atoms with Gasteiger partial charge in [-0.3, -0.25) is 0 Å². The zero-order valence-electron chi connectivity index (χ0n) is 12.4. The number of nitrogens with one attached hydrogen (secondary N) is 1. The minimum Gasteiger partial charge on any atom is -0.308 e. The maximum Gasteiger partial charge on any atom is 0.0221 e. The number of hydrogen-bond donors (Lipinski definition) is 1. The summed E-state index contributed by atoms with van der Waals surface area (Å²) in [5, 5.41) is 3.57. The molecule has 2 heteroatoms. The SMILES string of the molecule is CCC(C)CSc1ccccc1CNC(C)(C)C. The summed E-state index contributed by atoms with van der Waals surface area (Å²) >= 11 is 1.99. The Morgan fingerprint density at radius 1 is 1.22 bits per heavy atom. The van der Waals surface area contributed by atoms with E-state index in [-0.39, 0.29) is 5.54 Å². The number of hydrogen-bond acceptors (Lipinski definition) is 2. The molecule has 1 nitrogen and oxygen atoms in total. The Morgan fingerprint density at radius 2 is 1.89 bits per heavy atom. The van der Waals surface area contributed by atoms with Crippen LogP contribution in [0.2, 0.25) is 0 Å². The summed E-state index contributed by atoms with van der Waals surface area (Å²) in [7, 11) is 0. The molecule has 0 saturated carbocycles. The van der Waals surface area contributed by atoms with Gasteiger partial charge < -0.3 is 5.32 Å². The molecule has 0 aliphatic heterocycles. The van der Waals surface area contributed by atoms with Crippen molar-refractivity contribution in [3.05, 3.63) is 29.8 Å². The molecule has 1 rings (SSSR count). The van der Waals surface area contributed by atoms with Crippen molar-refractivity contribution in [3.8, 4) is 0 Å². The van der Waals surface area contributed by atoms with Gasteiger partial charge >= 0.3 is 0 Å². The van der Waals surface area contributed by atoms with Crippen LogP contribution in [0.4, 0.5) is 0 Å². The van der Waals surface area contributed by atoms with Crippen LogP contribution < -0.4 is 5.32 Å². The Labute approximate surface area is 117 Å². The molecule has 0 radical (unpaired) electrons. The van der Waals surface area contributed by atoms with Crippen molar-refractivity contribution < 1.29 is 0 Å². The molecule has 1 atom stereocenters. The van der Waals surface area contributed by atoms with Crippen molar-refractivity contribution >= 4 is 11.8 Å². The van der Waals surface area contributed by atoms with Gasteiger partial charge in [-0.15, -0.1) is 11.8 Å². The van der Waals surface area contributed by atoms with Crippen LogP contribution in [0.5, 0.6) is 0 Å². The first-order valence-electron chi connectivity index (χ1n) is 6.88. The van der Waals surface area contributed by atoms with Crippen LogP contribution in [0.1, 0.15) is 46.6 Å². The molecule has 0 amide bonds. The molecule has 18 heavy (non-hydrogen) atoms. The normalized spacial score (nSPS) is 13.6. The van der Waals surface area contributed by atoms with Crippen molar-refractivity contribution in [2.75, 3.05) is 5.75 Å². The summed E-state index contributed by atoms with van der Waals surface area (Å²) in [5.74, 6) is 2.00. The average molecular weight is 265 g/mol. The van der Waals surface area contributed by atoms with Crippen molar-refractivity contribution in [2.45, 2.75) is 58.0 Å². The zero-order chi connectivity index (χ0) is 13.6. The molecule has 1 aromatic rings. The van der Waals surface area contributed by atoms with E-state index in [0.29, 0.717) is 0 Å². The lowest BCUT2D eigenvalue weighted by Crippen LogP contribution is -2.35. The molecule has 0 heterocycles. The molecule has 0 aliphatic rings. The van der Waals surface area contributed by atoms with Gasteiger partial charge in [-0.2, -0.15) is 0 Å². The number of thioether (sulfide) groups is 1. The Morgan fingerprint density at radius 3 is 2.50 bits per heavy atom. The second kappa shape index (κ2) is 7.20. The van der Waals surface area contributed by atoms with Crippen molar-refractivity contribution in [1.82, 2.24) is 5.32 Å². The molecular weight excluding hydrogens is 238 g/mol. The minimum absolute atomic E-state index is 0.175. The van der Waals surface area contributed by atoms with Crippen LogP contribution in [0.15, 0.2) is 29.2 Å². The van der Waals surface area contributed by atoms with Gasteiger partial charge in [0.25, 0.3) is 0 Å². The first-order valence-corrected chi connectivity index (χ1v) is 7.86. The predicted molar refractivity (Wildman–Crippen MR) is 83.2 cm³/mol. The van der Waals surface area contributed by atoms with Crippen molar-refractivity contribution in [3.63, 3.8) is 0 Å². The summed E-state index contributed by atoms with van der Waals surface area (Å²) in [5.41, 5.74) is 1.59. The zero-order valence-corrected chi connectivity index (χ0v) is 13.2. The van der Waals surface area contributed by atoms with Crippen molar-refractivity contribution in [2.24, 2.45) is 5.92 Å². The van der Waals surface area contributed by atoms with E-state index in [0.717, 1.165) is 12.5 Å². The van der Waals surface area contributed by atoms with E-state index in [2.05, 4.69) is 64.2 Å². The lowest BCUT2D eigenvalue weighted by molar-refractivity contribution is 0.422. The van der Waals surface area contributed by atoms with Crippen LogP contribution >= 0.6 is 11.8 Å². The molecule has 0 bridgehead atoms. The van der Waals surface area contributed by atoms with E-state index in [9.17, 15) is 0 Å². The van der Waals surface area contributed by atoms with E-state index in [1.54, 1.807) is 0 Å². The largest absolute Gasteiger partial charge is 0.308 e. The molecule has 102 valence electrons. The Kier molecular flexibility index (Phi) is 6.24. The molecular formula is C16H27NS. The molecule has 0 saturated heterocycles. The summed E-state index contributed by atoms with van der Waals surface area (Å²) in [4.78, 5) is 1.43. The quantitative estimate of drug-likeness (QED) is 0.747. The number of benzene rings is 1. The second-order valence-corrected chi connectivity index (χ2v) is 7.10. The van der Waals surface area contributed by atoms with Gasteiger partial charge in [0.05, 0.1) is 0 Å². The van der Waals surface area contributed by atoms with Crippen LogP contribution in [-0.2, 0) is 6.54 Å². The van der Waals surface area contributed by atoms with Gasteiger partial charge in [0.15, 0.2) is 0 Å². The fourth-order valence-electron chi connectivity index (χ4n) is 1.50. The molecule has 1 aromatic carbocycles. The third-order valence-corrected chi connectivity index (χ3v) is 4.45. The van der Waals surface area contributed by atoms with E-state index in [1.165, 1.54) is 22.6 Å². The maximum atomic E-state index is 3.57. The third kappa shape index (κ3) is 5.92. The van der Waals surface area contributed by atoms with E-state index >= 15 is 0 Å². The summed E-state index contributed by atoms with van der Waals surface area (Å²) in [6.07, 6.45) is 1.26. The molecule has 1 unspecified atom stereocenters. The first kappa shape index (κ1) is 15.6. The highest BCUT2D eigenvalue weighted by molar-refractivity contribution is 7.99. The van der Waals surface area contributed by atoms with Gasteiger partial charge in [0.1, 0.15) is 0 Å². The summed E-state index contributed by atoms with van der Waals surface area (Å²) in [6.45, 7) is 12.2. The molecule has 0 aliphatic carbocycles. The van der Waals surface area contributed by atoms with E-state index in [4.69, 9.17) is 0 Å². The highest BCUT2D eigenvalue weighted by Crippen LogP contribution is 2.25. The highest BCUT2D eigenvalue weighted by Gasteiger charge is 2.10. The lowest BCUT2D eigenvalue weighted by atomic mass is 10.1. The van der Waals surface area contributed by atoms with Gasteiger partial charge in [-0.05, 0) is 38.3 Å². The molecule has 1 N–H and O–H groups in total. The third-order valence-electron chi connectivity index (χ3n) is 3.00. The molecule has 0 fully saturated rings. The van der Waals surface area contributed by atoms with Crippen molar-refractivity contribution in [1.29, 1.82) is 0 Å². The van der Waals surface area contributed by atoms with Crippen LogP contribution in [0.3, 0.4) is 0 Å². The molecule has 0 spiro atoms. The predicted octanol–water partition coefficient (Wildman–Crippen LogP) is 4.71. The second-order valence-electron chi connectivity index (χ2n) is 6.04. The Bertz CT molecular complexity index is 354. The Hall–Kier alpha value is -0.470. The fourth-order valence-corrected chi connectivity index (χ4v) is 2.70. The smallest absolute Gasteiger partial charge is 0.0221 e. The van der Waals surface area contributed by atoms with Crippen LogP contribution in [-0.4, -0.2) is 11.3 Å². The average Bonchev–Trinajstić information content (AvgIpc) is 2.33. The monoisotopic (exact) mass is 265 g/mol. The van der Waals surface area contributed by atoms with Gasteiger partial charge in [0, 0.05) is 22.7 Å². The lowest BCUT2D eigenvalue weighted by Gasteiger charge is -2.21. The minimum atomic E-state index is 0.175. The summed E-state index contributed by atoms with van der Waals surface area (Å²) < 4.78 is 0. The number of rotatable bonds is 6. The van der Waals surface area contributed by atoms with E-state index in [1.807, 2.05) is 11.8 Å². The molecule has 0 aromatic heterocycles. The fraction of sp³-hybridized carbons (Fsp3) is 0.625. The van der Waals surface area contributed by atoms with Crippen LogP contribution in [0, 0.1) is 5.92 Å². The highest BCUT2D eigenvalue weighted by atomic mass is 32.2. The Balaban J connectivity index is 2.62. The van der Waals surface area contributed by atoms with Gasteiger partial charge in [-0.1, -0.05) is 38.5 Å². The maximum absolute atomic E-state index is 3.57. The van der Waals surface area contributed by atoms with E-state index < -0.39 is 0 Å². The first-order chi connectivity index (χ1) is 8.42. The van der Waals surface area contributed by atoms with Gasteiger partial charge in [0.2, 0.25) is 0 Å². The van der Waals surface area contributed by atoms with Crippen LogP contribution in [0.25, 0.3) is 0 Å².